The van der Waals surface area contributed by atoms with E-state index in [-0.39, 0.29) is 5.91 Å². The van der Waals surface area contributed by atoms with Crippen molar-refractivity contribution in [3.8, 4) is 5.88 Å². The zero-order valence-corrected chi connectivity index (χ0v) is 15.7. The van der Waals surface area contributed by atoms with Crippen molar-refractivity contribution < 1.29 is 9.53 Å². The molecule has 5 rings (SSSR count). The summed E-state index contributed by atoms with van der Waals surface area (Å²) in [6, 6.07) is 12.3. The van der Waals surface area contributed by atoms with Gasteiger partial charge in [0.2, 0.25) is 5.88 Å². The smallest absolute Gasteiger partial charge is 0.278 e. The van der Waals surface area contributed by atoms with Gasteiger partial charge in [0.05, 0.1) is 12.3 Å². The highest BCUT2D eigenvalue weighted by atomic mass is 32.1. The van der Waals surface area contributed by atoms with Crippen LogP contribution >= 0.6 is 11.3 Å². The standard InChI is InChI=1S/C20H20N4O2S/c25-19(16-12-18-24(23-16)9-4-10-26-18)22-20-21-15-8-7-14(11-17(15)27-20)13-5-2-1-3-6-13/h1-3,5-6,12,14H,4,7-11H2,(H,21,22,25). The molecule has 0 bridgehead atoms. The van der Waals surface area contributed by atoms with Gasteiger partial charge in [-0.25, -0.2) is 9.67 Å². The number of hydrogen-bond acceptors (Lipinski definition) is 5. The second-order valence-electron chi connectivity index (χ2n) is 6.99. The minimum absolute atomic E-state index is 0.230. The zero-order valence-electron chi connectivity index (χ0n) is 14.9. The van der Waals surface area contributed by atoms with Crippen LogP contribution in [-0.2, 0) is 19.4 Å². The molecule has 1 amide bonds. The predicted molar refractivity (Wildman–Crippen MR) is 104 cm³/mol. The number of carbonyl (C=O) groups is 1. The van der Waals surface area contributed by atoms with Gasteiger partial charge >= 0.3 is 0 Å². The van der Waals surface area contributed by atoms with E-state index >= 15 is 0 Å². The molecule has 0 radical (unpaired) electrons. The van der Waals surface area contributed by atoms with Crippen molar-refractivity contribution in [3.63, 3.8) is 0 Å². The lowest BCUT2D eigenvalue weighted by atomic mass is 9.85. The zero-order chi connectivity index (χ0) is 18.2. The number of carbonyl (C=O) groups excluding carboxylic acids is 1. The summed E-state index contributed by atoms with van der Waals surface area (Å²) in [5.41, 5.74) is 2.88. The lowest BCUT2D eigenvalue weighted by Crippen LogP contribution is -2.16. The molecule has 3 heterocycles. The Balaban J connectivity index is 1.31. The maximum atomic E-state index is 12.6. The fourth-order valence-electron chi connectivity index (χ4n) is 3.78. The van der Waals surface area contributed by atoms with Gasteiger partial charge in [0, 0.05) is 23.9 Å². The first-order chi connectivity index (χ1) is 13.3. The Kier molecular flexibility index (Phi) is 4.16. The SMILES string of the molecule is O=C(Nc1nc2c(s1)CC(c1ccccc1)CC2)c1cc2n(n1)CCCO2. The molecule has 138 valence electrons. The molecule has 1 aliphatic carbocycles. The molecule has 1 aromatic carbocycles. The molecule has 0 saturated carbocycles. The van der Waals surface area contributed by atoms with Crippen molar-refractivity contribution in [2.24, 2.45) is 0 Å². The molecular formula is C20H20N4O2S. The minimum Gasteiger partial charge on any atom is -0.478 e. The van der Waals surface area contributed by atoms with Gasteiger partial charge in [0.25, 0.3) is 5.91 Å². The second-order valence-corrected chi connectivity index (χ2v) is 8.07. The van der Waals surface area contributed by atoms with Crippen LogP contribution < -0.4 is 10.1 Å². The number of hydrogen-bond donors (Lipinski definition) is 1. The molecule has 1 N–H and O–H groups in total. The third-order valence-corrected chi connectivity index (χ3v) is 6.21. The summed E-state index contributed by atoms with van der Waals surface area (Å²) in [7, 11) is 0. The van der Waals surface area contributed by atoms with Gasteiger partial charge in [-0.1, -0.05) is 30.3 Å². The second kappa shape index (κ2) is 6.81. The lowest BCUT2D eigenvalue weighted by Gasteiger charge is -2.21. The molecule has 3 aromatic rings. The number of benzene rings is 1. The number of nitrogens with zero attached hydrogens (tertiary/aromatic N) is 3. The van der Waals surface area contributed by atoms with Crippen molar-refractivity contribution >= 4 is 22.4 Å². The average Bonchev–Trinajstić information content (AvgIpc) is 3.31. The molecular weight excluding hydrogens is 360 g/mol. The minimum atomic E-state index is -0.230. The van der Waals surface area contributed by atoms with Crippen LogP contribution in [0.4, 0.5) is 5.13 Å². The quantitative estimate of drug-likeness (QED) is 0.753. The van der Waals surface area contributed by atoms with Crippen molar-refractivity contribution in [3.05, 3.63) is 58.2 Å². The number of ether oxygens (including phenoxy) is 1. The highest BCUT2D eigenvalue weighted by molar-refractivity contribution is 7.15. The Morgan fingerprint density at radius 2 is 2.19 bits per heavy atom. The van der Waals surface area contributed by atoms with E-state index in [0.717, 1.165) is 37.9 Å². The van der Waals surface area contributed by atoms with E-state index in [1.165, 1.54) is 10.4 Å². The Labute approximate surface area is 161 Å². The average molecular weight is 380 g/mol. The maximum absolute atomic E-state index is 12.6. The molecule has 1 unspecified atom stereocenters. The third-order valence-electron chi connectivity index (χ3n) is 5.17. The summed E-state index contributed by atoms with van der Waals surface area (Å²) in [4.78, 5) is 18.5. The summed E-state index contributed by atoms with van der Waals surface area (Å²) in [6.45, 7) is 1.46. The van der Waals surface area contributed by atoms with Crippen molar-refractivity contribution in [2.75, 3.05) is 11.9 Å². The molecule has 0 fully saturated rings. The molecule has 27 heavy (non-hydrogen) atoms. The van der Waals surface area contributed by atoms with Gasteiger partial charge in [-0.2, -0.15) is 5.10 Å². The Bertz CT molecular complexity index is 956. The van der Waals surface area contributed by atoms with Crippen LogP contribution in [0.2, 0.25) is 0 Å². The molecule has 0 spiro atoms. The molecule has 2 aliphatic rings. The van der Waals surface area contributed by atoms with Crippen LogP contribution in [0, 0.1) is 0 Å². The highest BCUT2D eigenvalue weighted by Gasteiger charge is 2.25. The number of thiazole rings is 1. The van der Waals surface area contributed by atoms with Gasteiger partial charge in [0.1, 0.15) is 0 Å². The number of aromatic nitrogens is 3. The molecule has 1 aliphatic heterocycles. The maximum Gasteiger partial charge on any atom is 0.278 e. The number of aryl methyl sites for hydroxylation is 2. The number of rotatable bonds is 3. The monoisotopic (exact) mass is 380 g/mol. The third kappa shape index (κ3) is 3.23. The number of nitrogens with one attached hydrogen (secondary N) is 1. The van der Waals surface area contributed by atoms with Gasteiger partial charge in [-0.05, 0) is 30.7 Å². The van der Waals surface area contributed by atoms with E-state index in [0.29, 0.717) is 29.2 Å². The lowest BCUT2D eigenvalue weighted by molar-refractivity contribution is 0.102. The highest BCUT2D eigenvalue weighted by Crippen LogP contribution is 2.37. The van der Waals surface area contributed by atoms with Crippen molar-refractivity contribution in [1.82, 2.24) is 14.8 Å². The van der Waals surface area contributed by atoms with Crippen LogP contribution in [0.25, 0.3) is 0 Å². The van der Waals surface area contributed by atoms with Crippen LogP contribution in [0.3, 0.4) is 0 Å². The van der Waals surface area contributed by atoms with E-state index in [2.05, 4.69) is 45.7 Å². The van der Waals surface area contributed by atoms with Crippen LogP contribution in [0.1, 0.15) is 45.4 Å². The molecule has 7 heteroatoms. The summed E-state index contributed by atoms with van der Waals surface area (Å²) in [6.07, 6.45) is 3.95. The first-order valence-corrected chi connectivity index (χ1v) is 10.1. The van der Waals surface area contributed by atoms with Gasteiger partial charge in [0.15, 0.2) is 10.8 Å². The normalized spacial score (nSPS) is 18.3. The van der Waals surface area contributed by atoms with E-state index in [1.54, 1.807) is 22.1 Å². The van der Waals surface area contributed by atoms with Crippen LogP contribution in [0.15, 0.2) is 36.4 Å². The van der Waals surface area contributed by atoms with Crippen LogP contribution in [-0.4, -0.2) is 27.3 Å². The van der Waals surface area contributed by atoms with Gasteiger partial charge < -0.3 is 4.74 Å². The summed E-state index contributed by atoms with van der Waals surface area (Å²) < 4.78 is 7.28. The van der Waals surface area contributed by atoms with E-state index in [9.17, 15) is 4.79 Å². The van der Waals surface area contributed by atoms with E-state index in [4.69, 9.17) is 4.74 Å². The van der Waals surface area contributed by atoms with Crippen LogP contribution in [0.5, 0.6) is 5.88 Å². The van der Waals surface area contributed by atoms with Gasteiger partial charge in [-0.3, -0.25) is 10.1 Å². The van der Waals surface area contributed by atoms with Crippen molar-refractivity contribution in [1.29, 1.82) is 0 Å². The number of anilines is 1. The number of fused-ring (bicyclic) bond motifs is 2. The summed E-state index contributed by atoms with van der Waals surface area (Å²) >= 11 is 1.58. The topological polar surface area (TPSA) is 69.0 Å². The fraction of sp³-hybridized carbons (Fsp3) is 0.350. The summed E-state index contributed by atoms with van der Waals surface area (Å²) in [5, 5.41) is 7.91. The predicted octanol–water partition coefficient (Wildman–Crippen LogP) is 3.65. The molecule has 0 saturated heterocycles. The Morgan fingerprint density at radius 3 is 3.04 bits per heavy atom. The first kappa shape index (κ1) is 16.5. The molecule has 6 nitrogen and oxygen atoms in total. The van der Waals surface area contributed by atoms with Crippen molar-refractivity contribution in [2.45, 2.75) is 38.1 Å². The van der Waals surface area contributed by atoms with Gasteiger partial charge in [-0.15, -0.1) is 11.3 Å². The summed E-state index contributed by atoms with van der Waals surface area (Å²) in [5.74, 6) is 0.960. The fourth-order valence-corrected chi connectivity index (χ4v) is 4.86. The largest absolute Gasteiger partial charge is 0.478 e. The molecule has 1 atom stereocenters. The first-order valence-electron chi connectivity index (χ1n) is 9.32. The number of amides is 1. The Morgan fingerprint density at radius 1 is 1.30 bits per heavy atom. The Hall–Kier alpha value is -2.67. The van der Waals surface area contributed by atoms with E-state index in [1.807, 2.05) is 0 Å². The molecule has 2 aromatic heterocycles. The van der Waals surface area contributed by atoms with E-state index < -0.39 is 0 Å².